The molecule has 0 spiro atoms. The molecule has 0 N–H and O–H groups in total. The molecule has 0 amide bonds. The zero-order valence-electron chi connectivity index (χ0n) is 53.5. The Bertz CT molecular complexity index is 3280. The van der Waals surface area contributed by atoms with Crippen molar-refractivity contribution in [3.05, 3.63) is 205 Å². The maximum absolute atomic E-state index is 12.6. The smallest absolute Gasteiger partial charge is 0.0530 e. The third-order valence-electron chi connectivity index (χ3n) is 13.6. The van der Waals surface area contributed by atoms with Gasteiger partial charge in [-0.15, -0.1) is 119 Å². The SMILES string of the molecule is CC(C)(C)c1c[c-]c(-c2cc(C(C)(C)C)cc(-c3nc(C(C)(C)C)n[n-]3)n2)cc1.CC(C)(C)c1c[c-]c(-c2cc(C(C)(C)C)cc(-c3nc(C(C)(C)C)n[n-]3)n2)cc1.CN1C=CN(c2[c-]cc(F)cc2)[CH-]1.CN1C=CN(c2[c-]cc(F)cc2)[CH-]1.[Ir].[Ir]. The summed E-state index contributed by atoms with van der Waals surface area (Å²) in [6.45, 7) is 42.8. The van der Waals surface area contributed by atoms with E-state index in [4.69, 9.17) is 9.97 Å². The molecule has 0 bridgehead atoms. The number of hydrogen-bond donors (Lipinski definition) is 0. The van der Waals surface area contributed by atoms with Crippen LogP contribution in [0.5, 0.6) is 0 Å². The molecule has 0 unspecified atom stereocenters. The van der Waals surface area contributed by atoms with Gasteiger partial charge in [-0.05, 0) is 107 Å². The van der Waals surface area contributed by atoms with Crippen molar-refractivity contribution in [2.75, 3.05) is 23.9 Å². The second-order valence-electron chi connectivity index (χ2n) is 27.4. The minimum atomic E-state index is -0.264. The number of pyridine rings is 2. The maximum atomic E-state index is 12.6. The first-order valence-corrected chi connectivity index (χ1v) is 28.3. The Morgan fingerprint density at radius 2 is 0.721 bits per heavy atom. The summed E-state index contributed by atoms with van der Waals surface area (Å²) in [6, 6.07) is 42.5. The van der Waals surface area contributed by atoms with Crippen LogP contribution in [0.4, 0.5) is 20.2 Å². The summed E-state index contributed by atoms with van der Waals surface area (Å²) in [5.41, 5.74) is 11.6. The molecule has 0 saturated heterocycles. The summed E-state index contributed by atoms with van der Waals surface area (Å²) in [6.07, 6.45) is 7.61. The summed E-state index contributed by atoms with van der Waals surface area (Å²) < 4.78 is 25.1. The Labute approximate surface area is 538 Å². The summed E-state index contributed by atoms with van der Waals surface area (Å²) in [7, 11) is 3.86. The van der Waals surface area contributed by atoms with Crippen LogP contribution < -0.4 is 20.0 Å². The third kappa shape index (κ3) is 19.1. The second kappa shape index (κ2) is 28.0. The molecule has 2 aliphatic rings. The van der Waals surface area contributed by atoms with Crippen molar-refractivity contribution in [2.24, 2.45) is 0 Å². The Kier molecular flexibility index (Phi) is 22.8. The number of rotatable bonds is 6. The van der Waals surface area contributed by atoms with E-state index in [0.717, 1.165) is 56.9 Å². The Balaban J connectivity index is 0.000000221. The fraction of sp³-hybridized carbons (Fsp3) is 0.371. The molecule has 462 valence electrons. The summed E-state index contributed by atoms with van der Waals surface area (Å²) in [5, 5.41) is 17.2. The quantitative estimate of drug-likeness (QED) is 0.148. The average molecular weight is 1510 g/mol. The van der Waals surface area contributed by atoms with Gasteiger partial charge in [-0.1, -0.05) is 137 Å². The molecule has 4 aromatic carbocycles. The van der Waals surface area contributed by atoms with Crippen molar-refractivity contribution in [3.8, 4) is 45.6 Å². The summed E-state index contributed by atoms with van der Waals surface area (Å²) >= 11 is 0. The molecule has 86 heavy (non-hydrogen) atoms. The van der Waals surface area contributed by atoms with Gasteiger partial charge in [-0.2, -0.15) is 25.5 Å². The van der Waals surface area contributed by atoms with Gasteiger partial charge in [0, 0.05) is 74.3 Å². The molecule has 8 aromatic rings. The van der Waals surface area contributed by atoms with Crippen LogP contribution in [0.15, 0.2) is 122 Å². The third-order valence-corrected chi connectivity index (χ3v) is 13.6. The maximum Gasteiger partial charge on any atom is 0.0530 e. The largest absolute Gasteiger partial charge is 0.510 e. The normalized spacial score (nSPS) is 13.5. The van der Waals surface area contributed by atoms with Crippen LogP contribution in [-0.4, -0.2) is 54.0 Å². The minimum Gasteiger partial charge on any atom is -0.510 e. The van der Waals surface area contributed by atoms with Gasteiger partial charge in [-0.3, -0.25) is 28.9 Å². The zero-order chi connectivity index (χ0) is 61.7. The van der Waals surface area contributed by atoms with E-state index in [9.17, 15) is 8.78 Å². The van der Waals surface area contributed by atoms with Crippen LogP contribution in [0.25, 0.3) is 45.6 Å². The zero-order valence-corrected chi connectivity index (χ0v) is 58.3. The van der Waals surface area contributed by atoms with Gasteiger partial charge in [0.2, 0.25) is 0 Å². The van der Waals surface area contributed by atoms with E-state index in [0.29, 0.717) is 11.6 Å². The molecular formula is C70H82F2Ir2N12-8. The van der Waals surface area contributed by atoms with Gasteiger partial charge in [0.25, 0.3) is 0 Å². The molecule has 6 heterocycles. The molecule has 0 fully saturated rings. The van der Waals surface area contributed by atoms with Crippen LogP contribution in [0, 0.1) is 49.2 Å². The van der Waals surface area contributed by atoms with E-state index in [1.807, 2.05) is 71.8 Å². The van der Waals surface area contributed by atoms with E-state index in [1.54, 1.807) is 12.1 Å². The van der Waals surface area contributed by atoms with Gasteiger partial charge >= 0.3 is 0 Å². The average Bonchev–Trinajstić information content (AvgIpc) is 1.62. The summed E-state index contributed by atoms with van der Waals surface area (Å²) in [4.78, 5) is 26.7. The van der Waals surface area contributed by atoms with E-state index in [-0.39, 0.29) is 84.3 Å². The number of aromatic nitrogens is 8. The molecule has 4 aromatic heterocycles. The van der Waals surface area contributed by atoms with E-state index < -0.39 is 0 Å². The van der Waals surface area contributed by atoms with Gasteiger partial charge < -0.3 is 39.8 Å². The topological polar surface area (TPSA) is 118 Å². The number of anilines is 2. The molecule has 12 nitrogen and oxygen atoms in total. The molecule has 2 radical (unpaired) electrons. The Morgan fingerprint density at radius 1 is 0.384 bits per heavy atom. The Morgan fingerprint density at radius 3 is 0.965 bits per heavy atom. The van der Waals surface area contributed by atoms with Gasteiger partial charge in [0.1, 0.15) is 0 Å². The van der Waals surface area contributed by atoms with Crippen molar-refractivity contribution in [1.29, 1.82) is 0 Å². The molecular weight excluding hydrogens is 1430 g/mol. The van der Waals surface area contributed by atoms with Gasteiger partial charge in [-0.25, -0.2) is 0 Å². The standard InChI is InChI=1S/2C25H32N4.2C10H9FN2.2Ir/c2*1-23(2,3)17-12-10-16(11-13-17)19-14-18(24(4,5)6)15-20(26-19)21-27-22(29-28-21)25(7,8)9;2*1-12-6-7-13(8-12)10-4-2-9(11)3-5-10;;/h2*10,12-15H,1-9H3;2*2-4,6-8H,1H3;;/q4*-2;;. The fourth-order valence-corrected chi connectivity index (χ4v) is 8.17. The molecule has 0 saturated carbocycles. The van der Waals surface area contributed by atoms with E-state index >= 15 is 0 Å². The van der Waals surface area contributed by atoms with Crippen LogP contribution in [0.3, 0.4) is 0 Å². The number of halogens is 2. The van der Waals surface area contributed by atoms with E-state index in [2.05, 4.69) is 240 Å². The number of benzene rings is 4. The van der Waals surface area contributed by atoms with Crippen molar-refractivity contribution >= 4 is 11.4 Å². The Hall–Kier alpha value is -6.70. The summed E-state index contributed by atoms with van der Waals surface area (Å²) in [5.74, 6) is 2.10. The van der Waals surface area contributed by atoms with Crippen LogP contribution in [0.2, 0.25) is 0 Å². The van der Waals surface area contributed by atoms with Crippen LogP contribution in [0.1, 0.15) is 159 Å². The van der Waals surface area contributed by atoms with E-state index in [1.165, 1.54) is 46.5 Å². The molecule has 2 aliphatic heterocycles. The van der Waals surface area contributed by atoms with Crippen molar-refractivity contribution in [1.82, 2.24) is 50.1 Å². The van der Waals surface area contributed by atoms with Crippen LogP contribution >= 0.6 is 0 Å². The van der Waals surface area contributed by atoms with Gasteiger partial charge in [0.05, 0.1) is 11.4 Å². The predicted octanol–water partition coefficient (Wildman–Crippen LogP) is 15.6. The first kappa shape index (κ1) is 70.1. The number of hydrogen-bond acceptors (Lipinski definition) is 10. The number of nitrogens with zero attached hydrogens (tertiary/aromatic N) is 12. The second-order valence-corrected chi connectivity index (χ2v) is 27.4. The van der Waals surface area contributed by atoms with Crippen molar-refractivity contribution < 1.29 is 49.0 Å². The fourth-order valence-electron chi connectivity index (χ4n) is 8.17. The molecule has 10 rings (SSSR count). The predicted molar refractivity (Wildman–Crippen MR) is 336 cm³/mol. The monoisotopic (exact) mass is 1510 g/mol. The molecule has 0 atom stereocenters. The van der Waals surface area contributed by atoms with Gasteiger partial charge in [0.15, 0.2) is 0 Å². The minimum absolute atomic E-state index is 0. The van der Waals surface area contributed by atoms with Crippen molar-refractivity contribution in [3.63, 3.8) is 0 Å². The van der Waals surface area contributed by atoms with Crippen LogP contribution in [-0.2, 0) is 72.7 Å². The molecule has 16 heteroatoms. The first-order valence-electron chi connectivity index (χ1n) is 28.3. The molecule has 0 aliphatic carbocycles. The first-order chi connectivity index (χ1) is 39.0. The van der Waals surface area contributed by atoms with Crippen molar-refractivity contribution in [2.45, 2.75) is 157 Å².